The first kappa shape index (κ1) is 16.2. The van der Waals surface area contributed by atoms with Gasteiger partial charge in [-0.15, -0.1) is 0 Å². The summed E-state index contributed by atoms with van der Waals surface area (Å²) in [6, 6.07) is 7.82. The third-order valence-corrected chi connectivity index (χ3v) is 3.68. The van der Waals surface area contributed by atoms with Crippen LogP contribution < -0.4 is 5.32 Å². The average molecular weight is 321 g/mol. The molecule has 5 nitrogen and oxygen atoms in total. The molecule has 0 atom stereocenters. The molecule has 0 radical (unpaired) electrons. The van der Waals surface area contributed by atoms with E-state index in [9.17, 15) is 14.5 Å². The molecule has 0 aliphatic heterocycles. The number of rotatable bonds is 7. The van der Waals surface area contributed by atoms with Crippen molar-refractivity contribution in [3.8, 4) is 0 Å². The molecule has 116 valence electrons. The van der Waals surface area contributed by atoms with Gasteiger partial charge in [-0.25, -0.2) is 9.37 Å². The lowest BCUT2D eigenvalue weighted by molar-refractivity contribution is -0.384. The summed E-state index contributed by atoms with van der Waals surface area (Å²) in [5.41, 5.74) is 1.00. The van der Waals surface area contributed by atoms with Gasteiger partial charge in [0.1, 0.15) is 5.82 Å². The number of anilines is 1. The van der Waals surface area contributed by atoms with E-state index in [4.69, 9.17) is 0 Å². The SMILES string of the molecule is CSCCNc1ncc(Cc2ccccc2F)cc1[N+](=O)[O-]. The number of aromatic nitrogens is 1. The van der Waals surface area contributed by atoms with Crippen LogP contribution in [0.4, 0.5) is 15.9 Å². The van der Waals surface area contributed by atoms with Gasteiger partial charge in [-0.1, -0.05) is 18.2 Å². The van der Waals surface area contributed by atoms with E-state index >= 15 is 0 Å². The van der Waals surface area contributed by atoms with E-state index in [1.165, 1.54) is 12.1 Å². The second-order valence-electron chi connectivity index (χ2n) is 4.66. The quantitative estimate of drug-likeness (QED) is 0.480. The minimum atomic E-state index is -0.473. The Morgan fingerprint density at radius 3 is 2.86 bits per heavy atom. The Kier molecular flexibility index (Phi) is 5.71. The third-order valence-electron chi connectivity index (χ3n) is 3.07. The number of benzene rings is 1. The molecule has 7 heteroatoms. The molecule has 1 N–H and O–H groups in total. The van der Waals surface area contributed by atoms with Crippen LogP contribution in [0.3, 0.4) is 0 Å². The Morgan fingerprint density at radius 2 is 2.18 bits per heavy atom. The molecule has 0 aliphatic rings. The van der Waals surface area contributed by atoms with Crippen LogP contribution in [0, 0.1) is 15.9 Å². The highest BCUT2D eigenvalue weighted by molar-refractivity contribution is 7.98. The van der Waals surface area contributed by atoms with Crippen molar-refractivity contribution < 1.29 is 9.31 Å². The maximum Gasteiger partial charge on any atom is 0.311 e. The molecule has 1 heterocycles. The summed E-state index contributed by atoms with van der Waals surface area (Å²) < 4.78 is 13.7. The zero-order valence-electron chi connectivity index (χ0n) is 12.1. The van der Waals surface area contributed by atoms with Gasteiger partial charge in [-0.3, -0.25) is 10.1 Å². The standard InChI is InChI=1S/C15H16FN3O2S/c1-22-7-6-17-15-14(19(20)21)9-11(10-18-15)8-12-4-2-3-5-13(12)16/h2-5,9-10H,6-8H2,1H3,(H,17,18). The smallest absolute Gasteiger partial charge is 0.311 e. The lowest BCUT2D eigenvalue weighted by Crippen LogP contribution is -2.08. The number of nitro groups is 1. The monoisotopic (exact) mass is 321 g/mol. The number of hydrogen-bond acceptors (Lipinski definition) is 5. The van der Waals surface area contributed by atoms with Crippen LogP contribution in [0.25, 0.3) is 0 Å². The van der Waals surface area contributed by atoms with Crippen molar-refractivity contribution in [1.29, 1.82) is 0 Å². The van der Waals surface area contributed by atoms with Crippen LogP contribution in [-0.4, -0.2) is 28.5 Å². The first-order valence-electron chi connectivity index (χ1n) is 6.71. The van der Waals surface area contributed by atoms with Crippen LogP contribution in [0.5, 0.6) is 0 Å². The molecular formula is C15H16FN3O2S. The second kappa shape index (κ2) is 7.74. The molecule has 0 bridgehead atoms. The Morgan fingerprint density at radius 1 is 1.41 bits per heavy atom. The molecule has 0 fully saturated rings. The minimum absolute atomic E-state index is 0.0880. The molecule has 0 spiro atoms. The summed E-state index contributed by atoms with van der Waals surface area (Å²) in [5, 5.41) is 14.1. The average Bonchev–Trinajstić information content (AvgIpc) is 2.51. The van der Waals surface area contributed by atoms with Crippen molar-refractivity contribution in [3.05, 3.63) is 63.6 Å². The Hall–Kier alpha value is -2.15. The van der Waals surface area contributed by atoms with Gasteiger partial charge in [0.15, 0.2) is 0 Å². The Labute approximate surface area is 132 Å². The molecule has 0 amide bonds. The molecule has 0 aliphatic carbocycles. The highest BCUT2D eigenvalue weighted by Crippen LogP contribution is 2.24. The van der Waals surface area contributed by atoms with E-state index in [2.05, 4.69) is 10.3 Å². The summed E-state index contributed by atoms with van der Waals surface area (Å²) in [7, 11) is 0. The predicted molar refractivity (Wildman–Crippen MR) is 87.0 cm³/mol. The van der Waals surface area contributed by atoms with Crippen molar-refractivity contribution in [1.82, 2.24) is 4.98 Å². The van der Waals surface area contributed by atoms with Crippen LogP contribution in [0.15, 0.2) is 36.5 Å². The van der Waals surface area contributed by atoms with E-state index in [1.54, 1.807) is 36.2 Å². The maximum atomic E-state index is 13.7. The van der Waals surface area contributed by atoms with E-state index < -0.39 is 4.92 Å². The molecule has 0 saturated carbocycles. The summed E-state index contributed by atoms with van der Waals surface area (Å²) in [5.74, 6) is 0.749. The molecule has 22 heavy (non-hydrogen) atoms. The first-order valence-corrected chi connectivity index (χ1v) is 8.10. The fourth-order valence-electron chi connectivity index (χ4n) is 2.00. The van der Waals surface area contributed by atoms with Crippen molar-refractivity contribution in [2.24, 2.45) is 0 Å². The largest absolute Gasteiger partial charge is 0.364 e. The van der Waals surface area contributed by atoms with E-state index in [0.717, 1.165) is 5.75 Å². The van der Waals surface area contributed by atoms with Gasteiger partial charge in [0.2, 0.25) is 5.82 Å². The number of thioether (sulfide) groups is 1. The lowest BCUT2D eigenvalue weighted by atomic mass is 10.1. The highest BCUT2D eigenvalue weighted by atomic mass is 32.2. The fraction of sp³-hybridized carbons (Fsp3) is 0.267. The van der Waals surface area contributed by atoms with Gasteiger partial charge < -0.3 is 5.32 Å². The van der Waals surface area contributed by atoms with E-state index in [0.29, 0.717) is 17.7 Å². The van der Waals surface area contributed by atoms with Crippen LogP contribution >= 0.6 is 11.8 Å². The topological polar surface area (TPSA) is 68.1 Å². The summed E-state index contributed by atoms with van der Waals surface area (Å²) in [4.78, 5) is 14.8. The second-order valence-corrected chi connectivity index (χ2v) is 5.64. The normalized spacial score (nSPS) is 10.5. The summed E-state index contributed by atoms with van der Waals surface area (Å²) in [6.45, 7) is 0.599. The molecule has 0 saturated heterocycles. The molecule has 1 aromatic carbocycles. The summed E-state index contributed by atoms with van der Waals surface area (Å²) >= 11 is 1.64. The number of nitrogens with zero attached hydrogens (tertiary/aromatic N) is 2. The summed E-state index contributed by atoms with van der Waals surface area (Å²) in [6.07, 6.45) is 3.77. The molecule has 0 unspecified atom stereocenters. The van der Waals surface area contributed by atoms with Crippen molar-refractivity contribution in [2.45, 2.75) is 6.42 Å². The zero-order valence-corrected chi connectivity index (χ0v) is 12.9. The molecule has 2 aromatic rings. The van der Waals surface area contributed by atoms with Crippen LogP contribution in [0.1, 0.15) is 11.1 Å². The lowest BCUT2D eigenvalue weighted by Gasteiger charge is -2.08. The van der Waals surface area contributed by atoms with Gasteiger partial charge in [0.25, 0.3) is 0 Å². The third kappa shape index (κ3) is 4.17. The molecule has 1 aromatic heterocycles. The zero-order chi connectivity index (χ0) is 15.9. The van der Waals surface area contributed by atoms with Crippen molar-refractivity contribution in [2.75, 3.05) is 23.9 Å². The fourth-order valence-corrected chi connectivity index (χ4v) is 2.31. The molecule has 2 rings (SSSR count). The first-order chi connectivity index (χ1) is 10.6. The van der Waals surface area contributed by atoms with Gasteiger partial charge in [0, 0.05) is 31.0 Å². The van der Waals surface area contributed by atoms with Gasteiger partial charge in [-0.2, -0.15) is 11.8 Å². The van der Waals surface area contributed by atoms with Gasteiger partial charge >= 0.3 is 5.69 Å². The van der Waals surface area contributed by atoms with Crippen molar-refractivity contribution in [3.63, 3.8) is 0 Å². The molecular weight excluding hydrogens is 305 g/mol. The number of hydrogen-bond donors (Lipinski definition) is 1. The van der Waals surface area contributed by atoms with Crippen LogP contribution in [-0.2, 0) is 6.42 Å². The van der Waals surface area contributed by atoms with Crippen molar-refractivity contribution >= 4 is 23.3 Å². The van der Waals surface area contributed by atoms with E-state index in [1.807, 2.05) is 6.26 Å². The van der Waals surface area contributed by atoms with Gasteiger partial charge in [-0.05, 0) is 23.4 Å². The highest BCUT2D eigenvalue weighted by Gasteiger charge is 2.16. The van der Waals surface area contributed by atoms with Gasteiger partial charge in [0.05, 0.1) is 4.92 Å². The van der Waals surface area contributed by atoms with Crippen LogP contribution in [0.2, 0.25) is 0 Å². The maximum absolute atomic E-state index is 13.7. The number of halogens is 1. The van der Waals surface area contributed by atoms with E-state index in [-0.39, 0.29) is 23.7 Å². The Bertz CT molecular complexity index is 667. The number of nitrogens with one attached hydrogen (secondary N) is 1. The Balaban J connectivity index is 2.22. The predicted octanol–water partition coefficient (Wildman–Crippen LogP) is 3.49. The number of pyridine rings is 1. The minimum Gasteiger partial charge on any atom is -0.364 e.